The van der Waals surface area contributed by atoms with E-state index >= 15 is 0 Å². The number of aryl methyl sites for hydroxylation is 3. The van der Waals surface area contributed by atoms with Crippen molar-refractivity contribution in [2.45, 2.75) is 50.7 Å². The van der Waals surface area contributed by atoms with Gasteiger partial charge in [0.05, 0.1) is 17.6 Å². The van der Waals surface area contributed by atoms with Crippen LogP contribution < -0.4 is 0 Å². The Kier molecular flexibility index (Phi) is 6.15. The van der Waals surface area contributed by atoms with Crippen molar-refractivity contribution in [3.8, 4) is 0 Å². The first-order valence-corrected chi connectivity index (χ1v) is 10.6. The van der Waals surface area contributed by atoms with Crippen LogP contribution >= 0.6 is 0 Å². The molecule has 1 heterocycles. The highest BCUT2D eigenvalue weighted by Crippen LogP contribution is 2.25. The lowest BCUT2D eigenvalue weighted by Crippen LogP contribution is -2.30. The molecule has 144 valence electrons. The molecule has 3 rings (SSSR count). The third-order valence-corrected chi connectivity index (χ3v) is 6.26. The van der Waals surface area contributed by atoms with Crippen LogP contribution in [-0.2, 0) is 25.5 Å². The summed E-state index contributed by atoms with van der Waals surface area (Å²) in [5, 5.41) is 0. The molecular formula is C22H26O4S. The second-order valence-corrected chi connectivity index (χ2v) is 8.67. The molecule has 0 saturated heterocycles. The first-order chi connectivity index (χ1) is 12.8. The first kappa shape index (κ1) is 19.8. The molecule has 0 bridgehead atoms. The Bertz CT molecular complexity index is 894. The van der Waals surface area contributed by atoms with Crippen LogP contribution in [0.5, 0.6) is 0 Å². The van der Waals surface area contributed by atoms with Crippen LogP contribution in [0.2, 0.25) is 0 Å². The molecule has 0 radical (unpaired) electrons. The van der Waals surface area contributed by atoms with Crippen molar-refractivity contribution in [3.05, 3.63) is 76.9 Å². The maximum atomic E-state index is 12.7. The van der Waals surface area contributed by atoms with Crippen molar-refractivity contribution >= 4 is 10.1 Å². The fourth-order valence-corrected chi connectivity index (χ4v) is 4.95. The summed E-state index contributed by atoms with van der Waals surface area (Å²) in [6.45, 7) is 5.52. The quantitative estimate of drug-likeness (QED) is 0.549. The average molecular weight is 387 g/mol. The van der Waals surface area contributed by atoms with Gasteiger partial charge in [0.1, 0.15) is 6.10 Å². The van der Waals surface area contributed by atoms with E-state index in [1.807, 2.05) is 49.4 Å². The van der Waals surface area contributed by atoms with Gasteiger partial charge in [-0.15, -0.1) is 0 Å². The molecule has 4 nitrogen and oxygen atoms in total. The van der Waals surface area contributed by atoms with Gasteiger partial charge in [0.25, 0.3) is 10.1 Å². The molecule has 2 aromatic rings. The van der Waals surface area contributed by atoms with E-state index in [-0.39, 0.29) is 23.7 Å². The third-order valence-electron chi connectivity index (χ3n) is 4.67. The standard InChI is InChI=1S/C22H26O4S/c1-16-12-17(2)22(18(3)13-16)27(23,24)25-15-21-11-7-10-20(26-21)14-19-8-5-4-6-9-19/h4-9,11-13,20-21H,10,14-15H2,1-3H3/t20-,21-/m1/s1. The zero-order valence-electron chi connectivity index (χ0n) is 16.0. The van der Waals surface area contributed by atoms with Crippen LogP contribution in [0.25, 0.3) is 0 Å². The molecule has 0 saturated carbocycles. The highest BCUT2D eigenvalue weighted by molar-refractivity contribution is 7.86. The van der Waals surface area contributed by atoms with Crippen LogP contribution in [0.4, 0.5) is 0 Å². The van der Waals surface area contributed by atoms with Gasteiger partial charge in [0.15, 0.2) is 0 Å². The van der Waals surface area contributed by atoms with Crippen LogP contribution in [0.15, 0.2) is 59.5 Å². The Balaban J connectivity index is 1.64. The monoisotopic (exact) mass is 386 g/mol. The third kappa shape index (κ3) is 5.06. The number of rotatable bonds is 6. The van der Waals surface area contributed by atoms with Gasteiger partial charge in [0.2, 0.25) is 0 Å². The largest absolute Gasteiger partial charge is 0.368 e. The summed E-state index contributed by atoms with van der Waals surface area (Å²) in [5.74, 6) is 0. The molecule has 5 heteroatoms. The van der Waals surface area contributed by atoms with Crippen LogP contribution in [0, 0.1) is 20.8 Å². The van der Waals surface area contributed by atoms with Crippen LogP contribution in [0.3, 0.4) is 0 Å². The summed E-state index contributed by atoms with van der Waals surface area (Å²) >= 11 is 0. The molecular weight excluding hydrogens is 360 g/mol. The van der Waals surface area contributed by atoms with Crippen molar-refractivity contribution in [2.24, 2.45) is 0 Å². The molecule has 2 aromatic carbocycles. The van der Waals surface area contributed by atoms with Gasteiger partial charge in [-0.05, 0) is 50.3 Å². The summed E-state index contributed by atoms with van der Waals surface area (Å²) in [6, 6.07) is 13.9. The Morgan fingerprint density at radius 2 is 1.74 bits per heavy atom. The molecule has 27 heavy (non-hydrogen) atoms. The van der Waals surface area contributed by atoms with Crippen molar-refractivity contribution in [1.82, 2.24) is 0 Å². The Morgan fingerprint density at radius 3 is 2.41 bits per heavy atom. The van der Waals surface area contributed by atoms with Gasteiger partial charge in [-0.1, -0.05) is 60.2 Å². The summed E-state index contributed by atoms with van der Waals surface area (Å²) in [6.07, 6.45) is 5.19. The first-order valence-electron chi connectivity index (χ1n) is 9.18. The molecule has 0 N–H and O–H groups in total. The second-order valence-electron chi connectivity index (χ2n) is 7.12. The van der Waals surface area contributed by atoms with Crippen molar-refractivity contribution in [2.75, 3.05) is 6.61 Å². The number of benzene rings is 2. The van der Waals surface area contributed by atoms with Gasteiger partial charge in [-0.2, -0.15) is 8.42 Å². The lowest BCUT2D eigenvalue weighted by Gasteiger charge is -2.26. The van der Waals surface area contributed by atoms with Crippen LogP contribution in [0.1, 0.15) is 28.7 Å². The maximum absolute atomic E-state index is 12.7. The smallest absolute Gasteiger partial charge is 0.297 e. The second kappa shape index (κ2) is 8.38. The molecule has 0 amide bonds. The molecule has 1 aliphatic heterocycles. The minimum atomic E-state index is -3.83. The number of hydrogen-bond donors (Lipinski definition) is 0. The van der Waals surface area contributed by atoms with E-state index < -0.39 is 10.1 Å². The molecule has 0 aliphatic carbocycles. The number of ether oxygens (including phenoxy) is 1. The lowest BCUT2D eigenvalue weighted by molar-refractivity contribution is -0.0136. The number of hydrogen-bond acceptors (Lipinski definition) is 4. The minimum absolute atomic E-state index is 0.0170. The van der Waals surface area contributed by atoms with E-state index in [2.05, 4.69) is 12.1 Å². The lowest BCUT2D eigenvalue weighted by atomic mass is 10.0. The maximum Gasteiger partial charge on any atom is 0.297 e. The normalized spacial score (nSPS) is 20.0. The van der Waals surface area contributed by atoms with Gasteiger partial charge in [0, 0.05) is 0 Å². The van der Waals surface area contributed by atoms with Gasteiger partial charge in [-0.25, -0.2) is 0 Å². The van der Waals surface area contributed by atoms with E-state index in [1.54, 1.807) is 13.8 Å². The van der Waals surface area contributed by atoms with E-state index in [4.69, 9.17) is 8.92 Å². The van der Waals surface area contributed by atoms with E-state index in [9.17, 15) is 8.42 Å². The van der Waals surface area contributed by atoms with E-state index in [0.717, 1.165) is 18.4 Å². The van der Waals surface area contributed by atoms with Gasteiger partial charge < -0.3 is 4.74 Å². The molecule has 2 atom stereocenters. The summed E-state index contributed by atoms with van der Waals surface area (Å²) < 4.78 is 36.8. The SMILES string of the molecule is Cc1cc(C)c(S(=O)(=O)OC[C@H]2C=CC[C@H](Cc3ccccc3)O2)c(C)c1. The highest BCUT2D eigenvalue weighted by Gasteiger charge is 2.25. The summed E-state index contributed by atoms with van der Waals surface area (Å²) in [7, 11) is -3.83. The van der Waals surface area contributed by atoms with Crippen molar-refractivity contribution in [1.29, 1.82) is 0 Å². The molecule has 0 fully saturated rings. The summed E-state index contributed by atoms with van der Waals surface area (Å²) in [4.78, 5) is 0.258. The predicted molar refractivity (Wildman–Crippen MR) is 106 cm³/mol. The van der Waals surface area contributed by atoms with Crippen LogP contribution in [-0.4, -0.2) is 27.2 Å². The topological polar surface area (TPSA) is 52.6 Å². The Hall–Kier alpha value is -1.95. The Morgan fingerprint density at radius 1 is 1.07 bits per heavy atom. The average Bonchev–Trinajstić information content (AvgIpc) is 2.60. The summed E-state index contributed by atoms with van der Waals surface area (Å²) in [5.41, 5.74) is 3.64. The fourth-order valence-electron chi connectivity index (χ4n) is 3.61. The van der Waals surface area contributed by atoms with Gasteiger partial charge in [-0.3, -0.25) is 4.18 Å². The molecule has 0 unspecified atom stereocenters. The predicted octanol–water partition coefficient (Wildman–Crippen LogP) is 4.27. The zero-order chi connectivity index (χ0) is 19.4. The van der Waals surface area contributed by atoms with Crippen molar-refractivity contribution in [3.63, 3.8) is 0 Å². The molecule has 0 spiro atoms. The Labute approximate surface area is 162 Å². The van der Waals surface area contributed by atoms with Gasteiger partial charge >= 0.3 is 0 Å². The molecule has 1 aliphatic rings. The zero-order valence-corrected chi connectivity index (χ0v) is 16.8. The highest BCUT2D eigenvalue weighted by atomic mass is 32.2. The van der Waals surface area contributed by atoms with E-state index in [1.165, 1.54) is 5.56 Å². The minimum Gasteiger partial charge on any atom is -0.368 e. The van der Waals surface area contributed by atoms with E-state index in [0.29, 0.717) is 11.1 Å². The van der Waals surface area contributed by atoms with Crippen molar-refractivity contribution < 1.29 is 17.3 Å². The molecule has 0 aromatic heterocycles. The fraction of sp³-hybridized carbons (Fsp3) is 0.364.